The second-order valence-electron chi connectivity index (χ2n) is 8.53. The molecular weight excluding hydrogens is 418 g/mol. The molecule has 3 aromatic rings. The molecule has 1 aromatic carbocycles. The maximum atomic E-state index is 13.6. The van der Waals surface area contributed by atoms with Gasteiger partial charge in [0.25, 0.3) is 5.91 Å². The lowest BCUT2D eigenvalue weighted by atomic mass is 9.93. The van der Waals surface area contributed by atoms with Crippen LogP contribution in [-0.4, -0.2) is 32.9 Å². The summed E-state index contributed by atoms with van der Waals surface area (Å²) in [5.74, 6) is -0.178. The second-order valence-corrected chi connectivity index (χ2v) is 9.92. The second kappa shape index (κ2) is 7.43. The van der Waals surface area contributed by atoms with E-state index in [1.54, 1.807) is 16.2 Å². The fourth-order valence-corrected chi connectivity index (χ4v) is 5.65. The molecule has 1 aliphatic carbocycles. The van der Waals surface area contributed by atoms with Crippen molar-refractivity contribution in [2.45, 2.75) is 57.3 Å². The summed E-state index contributed by atoms with van der Waals surface area (Å²) >= 11 is 7.66. The third-order valence-electron chi connectivity index (χ3n) is 6.48. The van der Waals surface area contributed by atoms with E-state index in [1.165, 1.54) is 0 Å². The Hall–Kier alpha value is -2.31. The van der Waals surface area contributed by atoms with Crippen LogP contribution in [0.5, 0.6) is 0 Å². The predicted octanol–water partition coefficient (Wildman–Crippen LogP) is 4.83. The maximum absolute atomic E-state index is 13.6. The van der Waals surface area contributed by atoms with Crippen molar-refractivity contribution < 1.29 is 9.59 Å². The lowest BCUT2D eigenvalue weighted by Crippen LogP contribution is -2.64. The minimum atomic E-state index is -0.972. The van der Waals surface area contributed by atoms with Crippen LogP contribution in [-0.2, 0) is 17.9 Å². The predicted molar refractivity (Wildman–Crippen MR) is 120 cm³/mol. The zero-order valence-corrected chi connectivity index (χ0v) is 18.4. The third kappa shape index (κ3) is 3.22. The molecule has 2 aromatic heterocycles. The largest absolute Gasteiger partial charge is 0.351 e. The van der Waals surface area contributed by atoms with Crippen LogP contribution >= 0.6 is 22.9 Å². The van der Waals surface area contributed by atoms with Gasteiger partial charge in [-0.2, -0.15) is 0 Å². The molecule has 7 heteroatoms. The Balaban J connectivity index is 1.54. The highest BCUT2D eigenvalue weighted by molar-refractivity contribution is 7.17. The first-order chi connectivity index (χ1) is 14.5. The number of amides is 2. The summed E-state index contributed by atoms with van der Waals surface area (Å²) in [5, 5.41) is 5.91. The summed E-state index contributed by atoms with van der Waals surface area (Å²) in [6.45, 7) is 2.70. The van der Waals surface area contributed by atoms with Crippen LogP contribution in [0.15, 0.2) is 41.8 Å². The molecule has 0 bridgehead atoms. The quantitative estimate of drug-likeness (QED) is 0.630. The van der Waals surface area contributed by atoms with Gasteiger partial charge in [-0.05, 0) is 55.0 Å². The van der Waals surface area contributed by atoms with E-state index < -0.39 is 5.54 Å². The van der Waals surface area contributed by atoms with Gasteiger partial charge in [-0.3, -0.25) is 9.59 Å². The van der Waals surface area contributed by atoms with Crippen molar-refractivity contribution in [1.29, 1.82) is 0 Å². The molecule has 0 saturated heterocycles. The highest BCUT2D eigenvalue weighted by Gasteiger charge is 2.48. The van der Waals surface area contributed by atoms with E-state index in [-0.39, 0.29) is 17.9 Å². The zero-order chi connectivity index (χ0) is 20.9. The Morgan fingerprint density at radius 1 is 1.23 bits per heavy atom. The number of nitrogens with one attached hydrogen (secondary N) is 1. The summed E-state index contributed by atoms with van der Waals surface area (Å²) < 4.78 is 3.09. The number of hydrogen-bond acceptors (Lipinski definition) is 3. The van der Waals surface area contributed by atoms with Gasteiger partial charge < -0.3 is 14.8 Å². The molecule has 1 fully saturated rings. The van der Waals surface area contributed by atoms with Crippen molar-refractivity contribution in [2.75, 3.05) is 0 Å². The normalized spacial score (nSPS) is 21.9. The molecule has 1 saturated carbocycles. The Morgan fingerprint density at radius 2 is 1.97 bits per heavy atom. The molecule has 1 atom stereocenters. The molecule has 2 amide bonds. The third-order valence-corrected chi connectivity index (χ3v) is 7.59. The number of fused-ring (bicyclic) bond motifs is 3. The van der Waals surface area contributed by atoms with Gasteiger partial charge in [0.1, 0.15) is 11.2 Å². The minimum absolute atomic E-state index is 0.0700. The number of nitrogens with zero attached hydrogens (tertiary/aromatic N) is 2. The van der Waals surface area contributed by atoms with Crippen LogP contribution in [0, 0.1) is 0 Å². The van der Waals surface area contributed by atoms with Crippen LogP contribution in [0.1, 0.15) is 48.7 Å². The van der Waals surface area contributed by atoms with Crippen molar-refractivity contribution in [3.8, 4) is 0 Å². The van der Waals surface area contributed by atoms with E-state index in [4.69, 9.17) is 11.6 Å². The summed E-state index contributed by atoms with van der Waals surface area (Å²) in [7, 11) is 0. The van der Waals surface area contributed by atoms with Crippen LogP contribution < -0.4 is 5.32 Å². The molecule has 0 radical (unpaired) electrons. The van der Waals surface area contributed by atoms with Crippen molar-refractivity contribution in [3.05, 3.63) is 58.1 Å². The Labute approximate surface area is 184 Å². The first-order valence-electron chi connectivity index (χ1n) is 10.4. The van der Waals surface area contributed by atoms with Gasteiger partial charge in [-0.15, -0.1) is 11.3 Å². The fourth-order valence-electron chi connectivity index (χ4n) is 4.70. The molecule has 156 valence electrons. The van der Waals surface area contributed by atoms with E-state index in [9.17, 15) is 9.59 Å². The minimum Gasteiger partial charge on any atom is -0.351 e. The van der Waals surface area contributed by atoms with Crippen LogP contribution in [0.25, 0.3) is 10.2 Å². The molecule has 1 aliphatic heterocycles. The number of carbonyl (C=O) groups is 2. The van der Waals surface area contributed by atoms with Gasteiger partial charge in [0.2, 0.25) is 5.91 Å². The molecule has 30 heavy (non-hydrogen) atoms. The summed E-state index contributed by atoms with van der Waals surface area (Å²) in [4.78, 5) is 28.9. The van der Waals surface area contributed by atoms with Crippen LogP contribution in [0.4, 0.5) is 0 Å². The average molecular weight is 442 g/mol. The number of carbonyl (C=O) groups excluding carboxylic acids is 2. The number of hydrogen-bond donors (Lipinski definition) is 1. The molecule has 0 unspecified atom stereocenters. The number of thiophene rings is 1. The van der Waals surface area contributed by atoms with E-state index >= 15 is 0 Å². The van der Waals surface area contributed by atoms with Gasteiger partial charge in [0.15, 0.2) is 0 Å². The Kier molecular flexibility index (Phi) is 4.86. The fraction of sp³-hybridized carbons (Fsp3) is 0.391. The van der Waals surface area contributed by atoms with Gasteiger partial charge in [-0.1, -0.05) is 36.6 Å². The van der Waals surface area contributed by atoms with E-state index in [1.807, 2.05) is 53.3 Å². The molecule has 0 spiro atoms. The molecule has 2 aliphatic rings. The first kappa shape index (κ1) is 19.6. The monoisotopic (exact) mass is 441 g/mol. The number of aromatic nitrogens is 1. The van der Waals surface area contributed by atoms with Crippen molar-refractivity contribution in [2.24, 2.45) is 0 Å². The van der Waals surface area contributed by atoms with Crippen molar-refractivity contribution in [3.63, 3.8) is 0 Å². The van der Waals surface area contributed by atoms with E-state index in [0.717, 1.165) is 41.5 Å². The Bertz CT molecular complexity index is 1110. The van der Waals surface area contributed by atoms with Crippen molar-refractivity contribution >= 4 is 45.0 Å². The lowest BCUT2D eigenvalue weighted by molar-refractivity contribution is -0.133. The van der Waals surface area contributed by atoms with Crippen molar-refractivity contribution in [1.82, 2.24) is 14.8 Å². The summed E-state index contributed by atoms with van der Waals surface area (Å²) in [6.07, 6.45) is 4.31. The summed E-state index contributed by atoms with van der Waals surface area (Å²) in [6, 6.07) is 11.6. The topological polar surface area (TPSA) is 54.3 Å². The average Bonchev–Trinajstić information content (AvgIpc) is 3.45. The van der Waals surface area contributed by atoms with Gasteiger partial charge >= 0.3 is 0 Å². The van der Waals surface area contributed by atoms with E-state index in [0.29, 0.717) is 23.8 Å². The van der Waals surface area contributed by atoms with Crippen LogP contribution in [0.2, 0.25) is 5.02 Å². The van der Waals surface area contributed by atoms with Gasteiger partial charge in [-0.25, -0.2) is 0 Å². The number of rotatable bonds is 4. The molecule has 1 N–H and O–H groups in total. The van der Waals surface area contributed by atoms with Gasteiger partial charge in [0, 0.05) is 17.6 Å². The van der Waals surface area contributed by atoms with E-state index in [2.05, 4.69) is 5.32 Å². The molecule has 5 nitrogen and oxygen atoms in total. The van der Waals surface area contributed by atoms with Crippen LogP contribution in [0.3, 0.4) is 0 Å². The highest BCUT2D eigenvalue weighted by atomic mass is 35.5. The first-order valence-corrected chi connectivity index (χ1v) is 11.7. The zero-order valence-electron chi connectivity index (χ0n) is 16.9. The SMILES string of the molecule is C[C@]1(C(=O)NC2CCCC2)Cn2c(cc3sccc32)C(=O)N1Cc1ccc(Cl)cc1. The highest BCUT2D eigenvalue weighted by Crippen LogP contribution is 2.35. The smallest absolute Gasteiger partial charge is 0.271 e. The molecule has 5 rings (SSSR count). The van der Waals surface area contributed by atoms with Gasteiger partial charge in [0.05, 0.1) is 16.8 Å². The molecular formula is C23H24ClN3O2S. The number of benzene rings is 1. The standard InChI is InChI=1S/C23H24ClN3O2S/c1-23(22(29)25-17-4-2-3-5-17)14-26-18-10-11-30-20(18)12-19(26)21(28)27(23)13-15-6-8-16(24)9-7-15/h6-12,17H,2-5,13-14H2,1H3,(H,25,29)/t23-/m1/s1. The Morgan fingerprint density at radius 3 is 2.70 bits per heavy atom. The maximum Gasteiger partial charge on any atom is 0.271 e. The molecule has 3 heterocycles. The summed E-state index contributed by atoms with van der Waals surface area (Å²) in [5.41, 5.74) is 1.65. The number of halogens is 1. The lowest BCUT2D eigenvalue weighted by Gasteiger charge is -2.44.